The number of furan rings is 1. The highest BCUT2D eigenvalue weighted by Gasteiger charge is 2.11. The monoisotopic (exact) mass is 265 g/mol. The number of carbonyl (C=O) groups is 1. The maximum atomic E-state index is 10.8. The molecule has 0 spiro atoms. The quantitative estimate of drug-likeness (QED) is 0.922. The van der Waals surface area contributed by atoms with Crippen LogP contribution in [0.5, 0.6) is 0 Å². The van der Waals surface area contributed by atoms with Crippen LogP contribution in [0.25, 0.3) is 0 Å². The Hall–Kier alpha value is -1.94. The minimum absolute atomic E-state index is 0.104. The molecule has 0 saturated carbocycles. The topological polar surface area (TPSA) is 53.7 Å². The third-order valence-corrected chi connectivity index (χ3v) is 2.91. The maximum Gasteiger partial charge on any atom is 0.337 e. The molecule has 0 unspecified atom stereocenters. The molecule has 2 aromatic rings. The van der Waals surface area contributed by atoms with Crippen molar-refractivity contribution in [2.24, 2.45) is 0 Å². The highest BCUT2D eigenvalue weighted by molar-refractivity contribution is 6.33. The summed E-state index contributed by atoms with van der Waals surface area (Å²) >= 11 is 5.92. The molecule has 2 rings (SSSR count). The van der Waals surface area contributed by atoms with Crippen LogP contribution in [-0.2, 0) is 6.54 Å². The van der Waals surface area contributed by atoms with E-state index in [2.05, 4.69) is 0 Å². The lowest BCUT2D eigenvalue weighted by Gasteiger charge is -2.18. The van der Waals surface area contributed by atoms with E-state index < -0.39 is 5.97 Å². The van der Waals surface area contributed by atoms with Crippen molar-refractivity contribution in [3.63, 3.8) is 0 Å². The van der Waals surface area contributed by atoms with Crippen molar-refractivity contribution in [2.45, 2.75) is 6.54 Å². The summed E-state index contributed by atoms with van der Waals surface area (Å²) in [5.74, 6) is -0.198. The third kappa shape index (κ3) is 2.65. The first kappa shape index (κ1) is 12.5. The fourth-order valence-electron chi connectivity index (χ4n) is 1.64. The smallest absolute Gasteiger partial charge is 0.337 e. The summed E-state index contributed by atoms with van der Waals surface area (Å²) in [5, 5.41) is 9.12. The zero-order valence-electron chi connectivity index (χ0n) is 9.76. The summed E-state index contributed by atoms with van der Waals surface area (Å²) in [6.07, 6.45) is 1.61. The van der Waals surface area contributed by atoms with Gasteiger partial charge in [-0.2, -0.15) is 0 Å². The van der Waals surface area contributed by atoms with Gasteiger partial charge in [0, 0.05) is 12.7 Å². The Morgan fingerprint density at radius 2 is 2.22 bits per heavy atom. The minimum atomic E-state index is -1.03. The van der Waals surface area contributed by atoms with Crippen LogP contribution >= 0.6 is 11.6 Å². The van der Waals surface area contributed by atoms with Crippen molar-refractivity contribution in [1.82, 2.24) is 0 Å². The molecule has 0 aliphatic rings. The van der Waals surface area contributed by atoms with Gasteiger partial charge in [0.15, 0.2) is 0 Å². The molecule has 0 aliphatic heterocycles. The Balaban J connectivity index is 2.18. The van der Waals surface area contributed by atoms with Gasteiger partial charge in [-0.1, -0.05) is 11.6 Å². The van der Waals surface area contributed by atoms with Crippen LogP contribution in [0.1, 0.15) is 16.1 Å². The van der Waals surface area contributed by atoms with E-state index in [-0.39, 0.29) is 10.6 Å². The number of carboxylic acid groups (broad SMARTS) is 1. The summed E-state index contributed by atoms with van der Waals surface area (Å²) < 4.78 is 5.25. The van der Waals surface area contributed by atoms with Crippen molar-refractivity contribution in [2.75, 3.05) is 11.9 Å². The van der Waals surface area contributed by atoms with Gasteiger partial charge in [-0.05, 0) is 30.3 Å². The molecule has 0 saturated heterocycles. The molecular formula is C13H12ClNO3. The molecule has 0 aliphatic carbocycles. The van der Waals surface area contributed by atoms with E-state index in [1.807, 2.05) is 24.1 Å². The predicted molar refractivity (Wildman–Crippen MR) is 69.2 cm³/mol. The highest BCUT2D eigenvalue weighted by Crippen LogP contribution is 2.24. The van der Waals surface area contributed by atoms with Crippen LogP contribution < -0.4 is 4.90 Å². The Morgan fingerprint density at radius 3 is 2.78 bits per heavy atom. The number of anilines is 1. The molecule has 0 bridgehead atoms. The van der Waals surface area contributed by atoms with Gasteiger partial charge in [-0.25, -0.2) is 4.79 Å². The lowest BCUT2D eigenvalue weighted by molar-refractivity contribution is 0.0697. The summed E-state index contributed by atoms with van der Waals surface area (Å²) in [4.78, 5) is 12.8. The van der Waals surface area contributed by atoms with Crippen LogP contribution in [0.4, 0.5) is 5.69 Å². The van der Waals surface area contributed by atoms with E-state index >= 15 is 0 Å². The number of aromatic carboxylic acids is 1. The number of hydrogen-bond acceptors (Lipinski definition) is 3. The first-order valence-corrected chi connectivity index (χ1v) is 5.72. The number of halogens is 1. The SMILES string of the molecule is CN(Cc1ccco1)c1ccc(C(=O)O)c(Cl)c1. The highest BCUT2D eigenvalue weighted by atomic mass is 35.5. The number of nitrogens with zero attached hydrogens (tertiary/aromatic N) is 1. The van der Waals surface area contributed by atoms with Gasteiger partial charge >= 0.3 is 5.97 Å². The molecule has 1 aromatic heterocycles. The third-order valence-electron chi connectivity index (χ3n) is 2.60. The van der Waals surface area contributed by atoms with Gasteiger partial charge in [0.05, 0.1) is 23.4 Å². The molecule has 18 heavy (non-hydrogen) atoms. The lowest BCUT2D eigenvalue weighted by Crippen LogP contribution is -2.16. The van der Waals surface area contributed by atoms with Gasteiger partial charge in [-0.15, -0.1) is 0 Å². The molecule has 94 valence electrons. The fraction of sp³-hybridized carbons (Fsp3) is 0.154. The number of carboxylic acids is 1. The molecule has 0 fully saturated rings. The van der Waals surface area contributed by atoms with Crippen LogP contribution in [0.15, 0.2) is 41.0 Å². The summed E-state index contributed by atoms with van der Waals surface area (Å²) in [5.41, 5.74) is 0.938. The van der Waals surface area contributed by atoms with E-state index in [0.717, 1.165) is 11.4 Å². The van der Waals surface area contributed by atoms with Crippen LogP contribution in [0.3, 0.4) is 0 Å². The zero-order chi connectivity index (χ0) is 13.1. The maximum absolute atomic E-state index is 10.8. The standard InChI is InChI=1S/C13H12ClNO3/c1-15(8-10-3-2-6-18-10)9-4-5-11(13(16)17)12(14)7-9/h2-7H,8H2,1H3,(H,16,17). The first-order valence-electron chi connectivity index (χ1n) is 5.34. The van der Waals surface area contributed by atoms with Crippen LogP contribution in [0, 0.1) is 0 Å². The van der Waals surface area contributed by atoms with Gasteiger partial charge in [0.2, 0.25) is 0 Å². The summed E-state index contributed by atoms with van der Waals surface area (Å²) in [6.45, 7) is 0.593. The van der Waals surface area contributed by atoms with Crippen LogP contribution in [0.2, 0.25) is 5.02 Å². The number of rotatable bonds is 4. The molecule has 1 N–H and O–H groups in total. The predicted octanol–water partition coefficient (Wildman–Crippen LogP) is 3.27. The number of hydrogen-bond donors (Lipinski definition) is 1. The van der Waals surface area contributed by atoms with E-state index in [1.54, 1.807) is 18.4 Å². The normalized spacial score (nSPS) is 10.3. The Labute approximate surface area is 109 Å². The largest absolute Gasteiger partial charge is 0.478 e. The van der Waals surface area contributed by atoms with E-state index in [1.165, 1.54) is 6.07 Å². The van der Waals surface area contributed by atoms with Gasteiger partial charge < -0.3 is 14.4 Å². The van der Waals surface area contributed by atoms with Crippen molar-refractivity contribution < 1.29 is 14.3 Å². The van der Waals surface area contributed by atoms with E-state index in [9.17, 15) is 4.79 Å². The van der Waals surface area contributed by atoms with Crippen molar-refractivity contribution in [1.29, 1.82) is 0 Å². The second kappa shape index (κ2) is 5.14. The molecule has 4 nitrogen and oxygen atoms in total. The zero-order valence-corrected chi connectivity index (χ0v) is 10.5. The second-order valence-corrected chi connectivity index (χ2v) is 4.31. The average Bonchev–Trinajstić information content (AvgIpc) is 2.81. The minimum Gasteiger partial charge on any atom is -0.478 e. The summed E-state index contributed by atoms with van der Waals surface area (Å²) in [6, 6.07) is 8.55. The van der Waals surface area contributed by atoms with Crippen LogP contribution in [-0.4, -0.2) is 18.1 Å². The lowest BCUT2D eigenvalue weighted by atomic mass is 10.2. The Morgan fingerprint density at radius 1 is 1.44 bits per heavy atom. The summed E-state index contributed by atoms with van der Waals surface area (Å²) in [7, 11) is 1.88. The second-order valence-electron chi connectivity index (χ2n) is 3.90. The fourth-order valence-corrected chi connectivity index (χ4v) is 1.90. The molecule has 0 amide bonds. The molecule has 1 heterocycles. The molecule has 0 radical (unpaired) electrons. The molecule has 0 atom stereocenters. The van der Waals surface area contributed by atoms with Gasteiger partial charge in [0.25, 0.3) is 0 Å². The van der Waals surface area contributed by atoms with Gasteiger partial charge in [0.1, 0.15) is 5.76 Å². The Kier molecular flexibility index (Phi) is 3.58. The van der Waals surface area contributed by atoms with Gasteiger partial charge in [-0.3, -0.25) is 0 Å². The molecule has 5 heteroatoms. The first-order chi connectivity index (χ1) is 8.58. The van der Waals surface area contributed by atoms with E-state index in [0.29, 0.717) is 6.54 Å². The van der Waals surface area contributed by atoms with Crippen molar-refractivity contribution in [3.05, 3.63) is 52.9 Å². The molecule has 1 aromatic carbocycles. The van der Waals surface area contributed by atoms with E-state index in [4.69, 9.17) is 21.1 Å². The molecular weight excluding hydrogens is 254 g/mol. The number of benzene rings is 1. The Bertz CT molecular complexity index is 551. The van der Waals surface area contributed by atoms with Crippen molar-refractivity contribution in [3.8, 4) is 0 Å². The van der Waals surface area contributed by atoms with Crippen molar-refractivity contribution >= 4 is 23.3 Å². The average molecular weight is 266 g/mol.